The van der Waals surface area contributed by atoms with Crippen molar-refractivity contribution in [1.82, 2.24) is 9.14 Å². The zero-order valence-corrected chi connectivity index (χ0v) is 17.4. The van der Waals surface area contributed by atoms with E-state index >= 15 is 0 Å². The Hall–Kier alpha value is -0.270. The van der Waals surface area contributed by atoms with Crippen LogP contribution >= 0.6 is 23.7 Å². The van der Waals surface area contributed by atoms with Crippen LogP contribution in [0.25, 0.3) is 0 Å². The van der Waals surface area contributed by atoms with Crippen molar-refractivity contribution in [3.8, 4) is 0 Å². The number of nitrogens with one attached hydrogen (secondary N) is 1. The summed E-state index contributed by atoms with van der Waals surface area (Å²) >= 11 is 0.745. The van der Waals surface area contributed by atoms with Crippen molar-refractivity contribution in [3.63, 3.8) is 0 Å². The van der Waals surface area contributed by atoms with Crippen LogP contribution in [0.4, 0.5) is 0 Å². The number of hydrogen-bond donors (Lipinski definition) is 2. The molecule has 3 N–H and O–H groups in total. The summed E-state index contributed by atoms with van der Waals surface area (Å²) in [6.45, 7) is 4.86. The molecule has 1 aromatic rings. The third-order valence-electron chi connectivity index (χ3n) is 3.73. The maximum atomic E-state index is 12.4. The maximum Gasteiger partial charge on any atom is 0.265 e. The number of halogens is 1. The van der Waals surface area contributed by atoms with Gasteiger partial charge in [-0.05, 0) is 25.0 Å². The summed E-state index contributed by atoms with van der Waals surface area (Å²) in [6, 6.07) is 1.47. The molecule has 0 saturated carbocycles. The average Bonchev–Trinajstić information content (AvgIpc) is 2.97. The average molecular weight is 434 g/mol. The van der Waals surface area contributed by atoms with Crippen molar-refractivity contribution in [3.05, 3.63) is 11.6 Å². The van der Waals surface area contributed by atoms with Gasteiger partial charge < -0.3 is 4.74 Å². The monoisotopic (exact) mass is 433 g/mol. The summed E-state index contributed by atoms with van der Waals surface area (Å²) in [4.78, 5) is 0. The molecule has 0 aliphatic carbocycles. The molecule has 25 heavy (non-hydrogen) atoms. The molecule has 1 aliphatic rings. The Morgan fingerprint density at radius 1 is 1.44 bits per heavy atom. The van der Waals surface area contributed by atoms with Crippen LogP contribution < -0.4 is 10.6 Å². The topological polar surface area (TPSA) is 119 Å². The van der Waals surface area contributed by atoms with Gasteiger partial charge in [0.2, 0.25) is 10.0 Å². The molecule has 12 heteroatoms. The molecule has 2 heterocycles. The molecule has 0 aromatic carbocycles. The van der Waals surface area contributed by atoms with E-state index in [1.807, 2.05) is 13.8 Å². The Morgan fingerprint density at radius 3 is 2.72 bits per heavy atom. The summed E-state index contributed by atoms with van der Waals surface area (Å²) < 4.78 is 57.8. The van der Waals surface area contributed by atoms with Gasteiger partial charge in [-0.2, -0.15) is 0 Å². The van der Waals surface area contributed by atoms with E-state index < -0.39 is 20.0 Å². The van der Waals surface area contributed by atoms with E-state index in [4.69, 9.17) is 10.6 Å². The molecule has 2 rings (SSSR count). The van der Waals surface area contributed by atoms with E-state index in [1.54, 1.807) is 0 Å². The van der Waals surface area contributed by atoms with Gasteiger partial charge in [-0.25, -0.2) is 21.6 Å². The normalized spacial score (nSPS) is 20.0. The molecule has 146 valence electrons. The fourth-order valence-corrected chi connectivity index (χ4v) is 7.17. The molecule has 0 saturated heterocycles. The third kappa shape index (κ3) is 4.92. The van der Waals surface area contributed by atoms with Crippen LogP contribution in [0.2, 0.25) is 0 Å². The number of nitrogens with two attached hydrogens (primary N) is 1. The number of hydrazine groups is 1. The minimum absolute atomic E-state index is 0. The molecule has 0 spiro atoms. The van der Waals surface area contributed by atoms with Gasteiger partial charge in [0, 0.05) is 25.6 Å². The third-order valence-corrected chi connectivity index (χ3v) is 8.96. The van der Waals surface area contributed by atoms with Crippen molar-refractivity contribution in [2.75, 3.05) is 26.3 Å². The second kappa shape index (κ2) is 9.09. The number of sulfonamides is 2. The van der Waals surface area contributed by atoms with Gasteiger partial charge in [0.05, 0.1) is 6.61 Å². The van der Waals surface area contributed by atoms with Crippen molar-refractivity contribution in [2.24, 2.45) is 5.84 Å². The predicted octanol–water partition coefficient (Wildman–Crippen LogP) is 1.25. The molecule has 1 aromatic heterocycles. The van der Waals surface area contributed by atoms with Gasteiger partial charge in [0.1, 0.15) is 8.42 Å². The summed E-state index contributed by atoms with van der Waals surface area (Å²) in [7, 11) is -7.60. The lowest BCUT2D eigenvalue weighted by Crippen LogP contribution is -2.43. The molecule has 0 fully saturated rings. The van der Waals surface area contributed by atoms with E-state index in [1.165, 1.54) is 6.07 Å². The number of nitrogens with zero attached hydrogens (tertiary/aromatic N) is 1. The fourth-order valence-electron chi connectivity index (χ4n) is 2.56. The second-order valence-corrected chi connectivity index (χ2v) is 10.6. The molecule has 0 radical (unpaired) electrons. The quantitative estimate of drug-likeness (QED) is 0.470. The highest BCUT2D eigenvalue weighted by Gasteiger charge is 2.38. The van der Waals surface area contributed by atoms with Crippen LogP contribution in [-0.2, 0) is 24.8 Å². The first-order valence-electron chi connectivity index (χ1n) is 7.72. The van der Waals surface area contributed by atoms with Gasteiger partial charge in [-0.1, -0.05) is 13.3 Å². The molecular formula is C13H24ClN3O5S3. The highest BCUT2D eigenvalue weighted by atomic mass is 35.5. The summed E-state index contributed by atoms with van der Waals surface area (Å²) in [5.74, 6) is 5.56. The second-order valence-electron chi connectivity index (χ2n) is 5.46. The molecule has 8 nitrogen and oxygen atoms in total. The Morgan fingerprint density at radius 2 is 2.12 bits per heavy atom. The molecule has 1 unspecified atom stereocenters. The van der Waals surface area contributed by atoms with Crippen LogP contribution in [0, 0.1) is 0 Å². The number of thiophene rings is 1. The smallest absolute Gasteiger partial charge is 0.265 e. The number of hydrogen-bond acceptors (Lipinski definition) is 7. The Balaban J connectivity index is 0.00000312. The maximum absolute atomic E-state index is 12.4. The molecule has 1 atom stereocenters. The summed E-state index contributed by atoms with van der Waals surface area (Å²) in [5.41, 5.74) is 0.550. The van der Waals surface area contributed by atoms with Crippen molar-refractivity contribution >= 4 is 43.8 Å². The van der Waals surface area contributed by atoms with Crippen LogP contribution in [0.3, 0.4) is 0 Å². The SMILES string of the molecule is CCCC1CN(N)S(=O)(=O)c2sc(S(=O)(=O)NCCOCC)cc21.Cl. The summed E-state index contributed by atoms with van der Waals surface area (Å²) in [5, 5.41) is 0. The predicted molar refractivity (Wildman–Crippen MR) is 99.0 cm³/mol. The lowest BCUT2D eigenvalue weighted by molar-refractivity contribution is 0.153. The molecular weight excluding hydrogens is 410 g/mol. The lowest BCUT2D eigenvalue weighted by Gasteiger charge is -2.28. The van der Waals surface area contributed by atoms with E-state index in [9.17, 15) is 16.8 Å². The van der Waals surface area contributed by atoms with Gasteiger partial charge in [-0.15, -0.1) is 28.2 Å². The van der Waals surface area contributed by atoms with Crippen LogP contribution in [0.1, 0.15) is 38.2 Å². The highest BCUT2D eigenvalue weighted by Crippen LogP contribution is 2.41. The zero-order valence-electron chi connectivity index (χ0n) is 14.1. The molecule has 0 amide bonds. The van der Waals surface area contributed by atoms with Gasteiger partial charge in [-0.3, -0.25) is 5.84 Å². The highest BCUT2D eigenvalue weighted by molar-refractivity contribution is 7.94. The van der Waals surface area contributed by atoms with Crippen LogP contribution in [0.5, 0.6) is 0 Å². The van der Waals surface area contributed by atoms with E-state index in [-0.39, 0.29) is 46.4 Å². The minimum Gasteiger partial charge on any atom is -0.380 e. The Bertz CT molecular complexity index is 779. The molecule has 0 bridgehead atoms. The Kier molecular flexibility index (Phi) is 8.28. The van der Waals surface area contributed by atoms with Crippen molar-refractivity contribution in [2.45, 2.75) is 41.0 Å². The largest absolute Gasteiger partial charge is 0.380 e. The number of fused-ring (bicyclic) bond motifs is 1. The van der Waals surface area contributed by atoms with Gasteiger partial charge >= 0.3 is 0 Å². The van der Waals surface area contributed by atoms with E-state index in [0.717, 1.165) is 28.6 Å². The zero-order chi connectivity index (χ0) is 18.0. The molecule has 1 aliphatic heterocycles. The van der Waals surface area contributed by atoms with Crippen molar-refractivity contribution < 1.29 is 21.6 Å². The van der Waals surface area contributed by atoms with E-state index in [2.05, 4.69) is 4.72 Å². The lowest BCUT2D eigenvalue weighted by atomic mass is 9.97. The van der Waals surface area contributed by atoms with E-state index in [0.29, 0.717) is 12.2 Å². The number of ether oxygens (including phenoxy) is 1. The first kappa shape index (κ1) is 22.8. The Labute approximate surface area is 159 Å². The first-order valence-corrected chi connectivity index (χ1v) is 11.5. The van der Waals surface area contributed by atoms with Gasteiger partial charge in [0.25, 0.3) is 10.0 Å². The minimum atomic E-state index is -3.83. The first-order chi connectivity index (χ1) is 11.2. The van der Waals surface area contributed by atoms with Crippen molar-refractivity contribution in [1.29, 1.82) is 0 Å². The summed E-state index contributed by atoms with van der Waals surface area (Å²) in [6.07, 6.45) is 1.59. The number of rotatable bonds is 8. The van der Waals surface area contributed by atoms with Crippen LogP contribution in [0.15, 0.2) is 14.5 Å². The standard InChI is InChI=1S/C13H23N3O5S3.ClH/c1-3-5-10-9-16(14)24(19,20)13-11(10)8-12(22-13)23(17,18)15-6-7-21-4-2;/h8,10,15H,3-7,9,14H2,1-2H3;1H. The van der Waals surface area contributed by atoms with Gasteiger partial charge in [0.15, 0.2) is 0 Å². The fraction of sp³-hybridized carbons (Fsp3) is 0.692. The van der Waals surface area contributed by atoms with Crippen LogP contribution in [-0.4, -0.2) is 47.6 Å².